The van der Waals surface area contributed by atoms with Crippen molar-refractivity contribution in [3.05, 3.63) is 0 Å². The molecule has 0 amide bonds. The summed E-state index contributed by atoms with van der Waals surface area (Å²) in [4.78, 5) is 2.47. The second-order valence-electron chi connectivity index (χ2n) is 5.17. The number of hydrogen-bond acceptors (Lipinski definition) is 4. The first-order valence-electron chi connectivity index (χ1n) is 7.98. The van der Waals surface area contributed by atoms with Gasteiger partial charge in [0, 0.05) is 32.3 Å². The maximum atomic E-state index is 5.46. The molecule has 0 radical (unpaired) electrons. The van der Waals surface area contributed by atoms with Crippen molar-refractivity contribution in [2.45, 2.75) is 45.6 Å². The van der Waals surface area contributed by atoms with Gasteiger partial charge >= 0.3 is 0 Å². The molecule has 1 aliphatic heterocycles. The van der Waals surface area contributed by atoms with Crippen LogP contribution in [0.15, 0.2) is 0 Å². The van der Waals surface area contributed by atoms with E-state index >= 15 is 0 Å². The van der Waals surface area contributed by atoms with Gasteiger partial charge < -0.3 is 14.8 Å². The quantitative estimate of drug-likeness (QED) is 0.582. The molecule has 0 saturated carbocycles. The predicted molar refractivity (Wildman–Crippen MR) is 79.7 cm³/mol. The van der Waals surface area contributed by atoms with E-state index in [2.05, 4.69) is 24.1 Å². The zero-order valence-corrected chi connectivity index (χ0v) is 12.8. The fourth-order valence-corrected chi connectivity index (χ4v) is 2.52. The number of nitrogens with one attached hydrogen (secondary N) is 1. The smallest absolute Gasteiger partial charge is 0.0593 e. The Kier molecular flexibility index (Phi) is 10.4. The average Bonchev–Trinajstić information content (AvgIpc) is 2.45. The molecule has 0 aromatic heterocycles. The van der Waals surface area contributed by atoms with Crippen LogP contribution in [-0.4, -0.2) is 63.5 Å². The van der Waals surface area contributed by atoms with Crippen molar-refractivity contribution in [2.75, 3.05) is 52.6 Å². The van der Waals surface area contributed by atoms with Gasteiger partial charge in [0.05, 0.1) is 13.2 Å². The van der Waals surface area contributed by atoms with Crippen molar-refractivity contribution in [2.24, 2.45) is 0 Å². The molecule has 0 spiro atoms. The lowest BCUT2D eigenvalue weighted by Gasteiger charge is -2.27. The lowest BCUT2D eigenvalue weighted by Crippen LogP contribution is -2.39. The van der Waals surface area contributed by atoms with Crippen molar-refractivity contribution >= 4 is 0 Å². The molecular formula is C15H32N2O2. The monoisotopic (exact) mass is 272 g/mol. The molecule has 1 atom stereocenters. The highest BCUT2D eigenvalue weighted by molar-refractivity contribution is 4.73. The minimum atomic E-state index is 0.718. The van der Waals surface area contributed by atoms with E-state index in [4.69, 9.17) is 9.47 Å². The van der Waals surface area contributed by atoms with Crippen molar-refractivity contribution in [1.29, 1.82) is 0 Å². The first kappa shape index (κ1) is 16.9. The molecule has 4 heteroatoms. The Labute approximate surface area is 118 Å². The average molecular weight is 272 g/mol. The summed E-state index contributed by atoms with van der Waals surface area (Å²) < 4.78 is 10.9. The summed E-state index contributed by atoms with van der Waals surface area (Å²) in [6.07, 6.45) is 5.31. The van der Waals surface area contributed by atoms with Crippen molar-refractivity contribution in [1.82, 2.24) is 10.2 Å². The second-order valence-corrected chi connectivity index (χ2v) is 5.17. The van der Waals surface area contributed by atoms with Crippen LogP contribution in [0.2, 0.25) is 0 Å². The molecule has 1 fully saturated rings. The lowest BCUT2D eigenvalue weighted by molar-refractivity contribution is 0.0805. The molecule has 1 saturated heterocycles. The van der Waals surface area contributed by atoms with Gasteiger partial charge in [0.2, 0.25) is 0 Å². The van der Waals surface area contributed by atoms with Crippen LogP contribution >= 0.6 is 0 Å². The van der Waals surface area contributed by atoms with E-state index in [1.165, 1.54) is 32.2 Å². The maximum Gasteiger partial charge on any atom is 0.0593 e. The first-order valence-corrected chi connectivity index (χ1v) is 7.98. The molecule has 0 aromatic rings. The summed E-state index contributed by atoms with van der Waals surface area (Å²) in [7, 11) is 0. The Hall–Kier alpha value is -0.160. The van der Waals surface area contributed by atoms with Crippen molar-refractivity contribution in [3.8, 4) is 0 Å². The molecule has 1 N–H and O–H groups in total. The number of rotatable bonds is 11. The minimum absolute atomic E-state index is 0.718. The molecule has 0 aromatic carbocycles. The highest BCUT2D eigenvalue weighted by Crippen LogP contribution is 2.10. The standard InChI is InChI=1S/C15H32N2O2/c1-3-18-13-11-17(12-14-19-4-2)10-8-15-7-5-6-9-16-15/h15-16H,3-14H2,1-2H3. The lowest BCUT2D eigenvalue weighted by atomic mass is 10.0. The molecule has 0 aliphatic carbocycles. The third-order valence-corrected chi connectivity index (χ3v) is 3.72. The van der Waals surface area contributed by atoms with Crippen LogP contribution in [0.25, 0.3) is 0 Å². The molecule has 0 bridgehead atoms. The van der Waals surface area contributed by atoms with E-state index < -0.39 is 0 Å². The van der Waals surface area contributed by atoms with E-state index in [0.29, 0.717) is 0 Å². The third kappa shape index (κ3) is 8.58. The largest absolute Gasteiger partial charge is 0.380 e. The van der Waals surface area contributed by atoms with E-state index in [9.17, 15) is 0 Å². The van der Waals surface area contributed by atoms with Gasteiger partial charge in [0.15, 0.2) is 0 Å². The third-order valence-electron chi connectivity index (χ3n) is 3.72. The first-order chi connectivity index (χ1) is 9.36. The molecule has 4 nitrogen and oxygen atoms in total. The summed E-state index contributed by atoms with van der Waals surface area (Å²) in [5.74, 6) is 0. The number of piperidine rings is 1. The summed E-state index contributed by atoms with van der Waals surface area (Å²) in [6, 6.07) is 0.718. The van der Waals surface area contributed by atoms with Crippen LogP contribution in [0.5, 0.6) is 0 Å². The summed E-state index contributed by atoms with van der Waals surface area (Å²) in [6.45, 7) is 11.8. The van der Waals surface area contributed by atoms with Gasteiger partial charge in [-0.25, -0.2) is 0 Å². The number of ether oxygens (including phenoxy) is 2. The minimum Gasteiger partial charge on any atom is -0.380 e. The number of nitrogens with zero attached hydrogens (tertiary/aromatic N) is 1. The molecule has 1 unspecified atom stereocenters. The van der Waals surface area contributed by atoms with Gasteiger partial charge in [-0.1, -0.05) is 6.42 Å². The van der Waals surface area contributed by atoms with Crippen LogP contribution in [0, 0.1) is 0 Å². The van der Waals surface area contributed by atoms with Crippen molar-refractivity contribution < 1.29 is 9.47 Å². The number of hydrogen-bond donors (Lipinski definition) is 1. The molecule has 1 aliphatic rings. The normalized spacial score (nSPS) is 20.1. The van der Waals surface area contributed by atoms with Crippen LogP contribution < -0.4 is 5.32 Å². The second kappa shape index (κ2) is 11.6. The van der Waals surface area contributed by atoms with Crippen LogP contribution in [0.1, 0.15) is 39.5 Å². The van der Waals surface area contributed by atoms with Gasteiger partial charge in [-0.3, -0.25) is 4.90 Å². The maximum absolute atomic E-state index is 5.46. The van der Waals surface area contributed by atoms with Crippen LogP contribution in [0.3, 0.4) is 0 Å². The molecular weight excluding hydrogens is 240 g/mol. The van der Waals surface area contributed by atoms with E-state index in [1.807, 2.05) is 0 Å². The molecule has 114 valence electrons. The van der Waals surface area contributed by atoms with E-state index in [-0.39, 0.29) is 0 Å². The van der Waals surface area contributed by atoms with E-state index in [0.717, 1.165) is 52.1 Å². The molecule has 1 rings (SSSR count). The topological polar surface area (TPSA) is 33.7 Å². The molecule has 1 heterocycles. The molecule has 19 heavy (non-hydrogen) atoms. The van der Waals surface area contributed by atoms with Crippen LogP contribution in [0.4, 0.5) is 0 Å². The SMILES string of the molecule is CCOCCN(CCOCC)CCC1CCCCN1. The Morgan fingerprint density at radius 3 is 2.21 bits per heavy atom. The zero-order chi connectivity index (χ0) is 13.8. The summed E-state index contributed by atoms with van der Waals surface area (Å²) in [5.41, 5.74) is 0. The Balaban J connectivity index is 2.17. The van der Waals surface area contributed by atoms with Gasteiger partial charge in [-0.15, -0.1) is 0 Å². The highest BCUT2D eigenvalue weighted by atomic mass is 16.5. The Bertz CT molecular complexity index is 187. The van der Waals surface area contributed by atoms with E-state index in [1.54, 1.807) is 0 Å². The fraction of sp³-hybridized carbons (Fsp3) is 1.00. The van der Waals surface area contributed by atoms with Gasteiger partial charge in [-0.2, -0.15) is 0 Å². The Morgan fingerprint density at radius 2 is 1.68 bits per heavy atom. The zero-order valence-electron chi connectivity index (χ0n) is 12.8. The summed E-state index contributed by atoms with van der Waals surface area (Å²) in [5, 5.41) is 3.62. The highest BCUT2D eigenvalue weighted by Gasteiger charge is 2.14. The fourth-order valence-electron chi connectivity index (χ4n) is 2.52. The Morgan fingerprint density at radius 1 is 1.00 bits per heavy atom. The van der Waals surface area contributed by atoms with Gasteiger partial charge in [0.25, 0.3) is 0 Å². The predicted octanol–water partition coefficient (Wildman–Crippen LogP) is 1.89. The van der Waals surface area contributed by atoms with Gasteiger partial charge in [0.1, 0.15) is 0 Å². The van der Waals surface area contributed by atoms with Crippen LogP contribution in [-0.2, 0) is 9.47 Å². The summed E-state index contributed by atoms with van der Waals surface area (Å²) >= 11 is 0. The van der Waals surface area contributed by atoms with Crippen molar-refractivity contribution in [3.63, 3.8) is 0 Å². The van der Waals surface area contributed by atoms with Gasteiger partial charge in [-0.05, 0) is 46.2 Å².